The lowest BCUT2D eigenvalue weighted by atomic mass is 10.1. The van der Waals surface area contributed by atoms with Gasteiger partial charge in [-0.05, 0) is 54.3 Å². The molecule has 6 nitrogen and oxygen atoms in total. The number of benzene rings is 2. The van der Waals surface area contributed by atoms with E-state index in [-0.39, 0.29) is 17.8 Å². The molecule has 2 aliphatic rings. The number of carbonyl (C=O) groups is 3. The van der Waals surface area contributed by atoms with Gasteiger partial charge in [-0.2, -0.15) is 0 Å². The predicted octanol–water partition coefficient (Wildman–Crippen LogP) is 2.73. The maximum atomic E-state index is 12.8. The molecule has 0 bridgehead atoms. The van der Waals surface area contributed by atoms with Crippen LogP contribution in [-0.4, -0.2) is 38.0 Å². The van der Waals surface area contributed by atoms with E-state index in [0.717, 1.165) is 41.9 Å². The zero-order valence-electron chi connectivity index (χ0n) is 15.8. The van der Waals surface area contributed by atoms with E-state index in [2.05, 4.69) is 0 Å². The highest BCUT2D eigenvalue weighted by Crippen LogP contribution is 2.30. The molecule has 0 N–H and O–H groups in total. The molecule has 4 rings (SSSR count). The lowest BCUT2D eigenvalue weighted by Gasteiger charge is -2.19. The zero-order chi connectivity index (χ0) is 19.7. The first-order chi connectivity index (χ1) is 13.6. The monoisotopic (exact) mass is 378 g/mol. The van der Waals surface area contributed by atoms with Gasteiger partial charge in [-0.1, -0.05) is 12.1 Å². The molecule has 0 aliphatic carbocycles. The Balaban J connectivity index is 1.45. The van der Waals surface area contributed by atoms with Crippen LogP contribution in [-0.2, 0) is 27.2 Å². The molecule has 2 amide bonds. The fourth-order valence-electron chi connectivity index (χ4n) is 3.89. The molecule has 2 aromatic carbocycles. The van der Waals surface area contributed by atoms with Gasteiger partial charge in [0.2, 0.25) is 11.8 Å². The second kappa shape index (κ2) is 7.46. The van der Waals surface area contributed by atoms with Crippen molar-refractivity contribution >= 4 is 29.2 Å². The molecule has 0 atom stereocenters. The number of anilines is 2. The molecular formula is C22H22N2O4. The number of hydrogen-bond donors (Lipinski definition) is 0. The van der Waals surface area contributed by atoms with Crippen molar-refractivity contribution in [3.63, 3.8) is 0 Å². The fraction of sp³-hybridized carbons (Fsp3) is 0.318. The van der Waals surface area contributed by atoms with Gasteiger partial charge in [-0.25, -0.2) is 4.79 Å². The average Bonchev–Trinajstić information content (AvgIpc) is 3.33. The third-order valence-electron chi connectivity index (χ3n) is 5.37. The number of nitrogens with zero attached hydrogens (tertiary/aromatic N) is 2. The number of fused-ring (bicyclic) bond motifs is 1. The zero-order valence-corrected chi connectivity index (χ0v) is 15.8. The van der Waals surface area contributed by atoms with Crippen LogP contribution in [0.5, 0.6) is 0 Å². The lowest BCUT2D eigenvalue weighted by molar-refractivity contribution is -0.118. The number of esters is 1. The van der Waals surface area contributed by atoms with Crippen LogP contribution in [0.25, 0.3) is 0 Å². The van der Waals surface area contributed by atoms with Crippen molar-refractivity contribution in [3.05, 3.63) is 59.2 Å². The molecule has 1 saturated heterocycles. The summed E-state index contributed by atoms with van der Waals surface area (Å²) in [6.45, 7) is 1.37. The second-order valence-corrected chi connectivity index (χ2v) is 7.12. The Morgan fingerprint density at radius 3 is 2.50 bits per heavy atom. The highest BCUT2D eigenvalue weighted by atomic mass is 16.5. The maximum absolute atomic E-state index is 12.8. The molecule has 144 valence electrons. The number of hydrogen-bond acceptors (Lipinski definition) is 4. The standard InChI is InChI=1S/C22H22N2O4/c1-28-22(27)17-6-9-19-16(14-17)10-12-24(19)21(26)13-15-4-7-18(8-5-15)23-11-2-3-20(23)25/h4-9,14H,2-3,10-13H2,1H3. The van der Waals surface area contributed by atoms with E-state index in [9.17, 15) is 14.4 Å². The highest BCUT2D eigenvalue weighted by Gasteiger charge is 2.26. The molecule has 6 heteroatoms. The number of amides is 2. The van der Waals surface area contributed by atoms with Crippen LogP contribution in [0.1, 0.15) is 34.3 Å². The van der Waals surface area contributed by atoms with Gasteiger partial charge in [-0.15, -0.1) is 0 Å². The van der Waals surface area contributed by atoms with Crippen LogP contribution in [0.2, 0.25) is 0 Å². The Kier molecular flexibility index (Phi) is 4.86. The van der Waals surface area contributed by atoms with E-state index in [1.807, 2.05) is 30.3 Å². The summed E-state index contributed by atoms with van der Waals surface area (Å²) < 4.78 is 4.76. The van der Waals surface area contributed by atoms with Gasteiger partial charge in [0.25, 0.3) is 0 Å². The smallest absolute Gasteiger partial charge is 0.337 e. The normalized spacial score (nSPS) is 15.7. The number of carbonyl (C=O) groups excluding carboxylic acids is 3. The first kappa shape index (κ1) is 18.2. The van der Waals surface area contributed by atoms with Crippen LogP contribution in [0.3, 0.4) is 0 Å². The average molecular weight is 378 g/mol. The minimum atomic E-state index is -0.371. The highest BCUT2D eigenvalue weighted by molar-refractivity contribution is 5.98. The Bertz CT molecular complexity index is 936. The summed E-state index contributed by atoms with van der Waals surface area (Å²) in [4.78, 5) is 39.9. The molecule has 2 heterocycles. The molecule has 2 aliphatic heterocycles. The van der Waals surface area contributed by atoms with Gasteiger partial charge < -0.3 is 14.5 Å². The summed E-state index contributed by atoms with van der Waals surface area (Å²) in [6.07, 6.45) is 2.52. The maximum Gasteiger partial charge on any atom is 0.337 e. The van der Waals surface area contributed by atoms with Crippen molar-refractivity contribution in [2.75, 3.05) is 30.0 Å². The summed E-state index contributed by atoms with van der Waals surface area (Å²) in [5, 5.41) is 0. The van der Waals surface area contributed by atoms with Crippen LogP contribution < -0.4 is 9.80 Å². The molecular weight excluding hydrogens is 356 g/mol. The van der Waals surface area contributed by atoms with Gasteiger partial charge in [-0.3, -0.25) is 9.59 Å². The summed E-state index contributed by atoms with van der Waals surface area (Å²) in [7, 11) is 1.36. The van der Waals surface area contributed by atoms with Crippen molar-refractivity contribution < 1.29 is 19.1 Å². The minimum Gasteiger partial charge on any atom is -0.465 e. The molecule has 0 radical (unpaired) electrons. The van der Waals surface area contributed by atoms with Crippen molar-refractivity contribution in [1.29, 1.82) is 0 Å². The lowest BCUT2D eigenvalue weighted by Crippen LogP contribution is -2.30. The molecule has 0 aromatic heterocycles. The van der Waals surface area contributed by atoms with Crippen LogP contribution in [0, 0.1) is 0 Å². The number of methoxy groups -OCH3 is 1. The van der Waals surface area contributed by atoms with Crippen molar-refractivity contribution in [3.8, 4) is 0 Å². The Hall–Kier alpha value is -3.15. The Morgan fingerprint density at radius 1 is 1.04 bits per heavy atom. The van der Waals surface area contributed by atoms with Crippen LogP contribution >= 0.6 is 0 Å². The van der Waals surface area contributed by atoms with E-state index in [1.165, 1.54) is 7.11 Å². The van der Waals surface area contributed by atoms with E-state index >= 15 is 0 Å². The summed E-state index contributed by atoms with van der Waals surface area (Å²) in [5.41, 5.74) is 4.15. The quantitative estimate of drug-likeness (QED) is 0.768. The summed E-state index contributed by atoms with van der Waals surface area (Å²) in [6, 6.07) is 13.0. The Morgan fingerprint density at radius 2 is 1.82 bits per heavy atom. The van der Waals surface area contributed by atoms with E-state index < -0.39 is 0 Å². The molecule has 1 fully saturated rings. The minimum absolute atomic E-state index is 0.0227. The van der Waals surface area contributed by atoms with Gasteiger partial charge in [0.05, 0.1) is 19.1 Å². The fourth-order valence-corrected chi connectivity index (χ4v) is 3.89. The van der Waals surface area contributed by atoms with Crippen LogP contribution in [0.4, 0.5) is 11.4 Å². The summed E-state index contributed by atoms with van der Waals surface area (Å²) >= 11 is 0. The van der Waals surface area contributed by atoms with Crippen molar-refractivity contribution in [2.45, 2.75) is 25.7 Å². The molecule has 0 spiro atoms. The van der Waals surface area contributed by atoms with Crippen LogP contribution in [0.15, 0.2) is 42.5 Å². The Labute approximate surface area is 163 Å². The predicted molar refractivity (Wildman–Crippen MR) is 106 cm³/mol. The second-order valence-electron chi connectivity index (χ2n) is 7.12. The largest absolute Gasteiger partial charge is 0.465 e. The third-order valence-corrected chi connectivity index (χ3v) is 5.37. The van der Waals surface area contributed by atoms with Gasteiger partial charge in [0.15, 0.2) is 0 Å². The first-order valence-corrected chi connectivity index (χ1v) is 9.48. The SMILES string of the molecule is COC(=O)c1ccc2c(c1)CCN2C(=O)Cc1ccc(N2CCCC2=O)cc1. The van der Waals surface area contributed by atoms with Gasteiger partial charge >= 0.3 is 5.97 Å². The van der Waals surface area contributed by atoms with E-state index in [0.29, 0.717) is 24.9 Å². The topological polar surface area (TPSA) is 66.9 Å². The molecule has 0 saturated carbocycles. The van der Waals surface area contributed by atoms with Crippen molar-refractivity contribution in [2.24, 2.45) is 0 Å². The van der Waals surface area contributed by atoms with Crippen molar-refractivity contribution in [1.82, 2.24) is 0 Å². The summed E-state index contributed by atoms with van der Waals surface area (Å²) in [5.74, 6) is -0.192. The van der Waals surface area contributed by atoms with E-state index in [4.69, 9.17) is 4.74 Å². The van der Waals surface area contributed by atoms with E-state index in [1.54, 1.807) is 21.9 Å². The van der Waals surface area contributed by atoms with Gasteiger partial charge in [0, 0.05) is 30.9 Å². The third kappa shape index (κ3) is 3.38. The molecule has 28 heavy (non-hydrogen) atoms. The number of ether oxygens (including phenoxy) is 1. The van der Waals surface area contributed by atoms with Gasteiger partial charge in [0.1, 0.15) is 0 Å². The first-order valence-electron chi connectivity index (χ1n) is 9.48. The number of rotatable bonds is 4. The molecule has 0 unspecified atom stereocenters. The molecule has 2 aromatic rings.